The number of fused-ring (bicyclic) bond motifs is 1. The molecule has 4 nitrogen and oxygen atoms in total. The molecule has 1 N–H and O–H groups in total. The van der Waals surface area contributed by atoms with E-state index in [0.717, 1.165) is 38.8 Å². The Balaban J connectivity index is 1.38. The minimum atomic E-state index is -0.0640. The number of hydrogen-bond donors (Lipinski definition) is 1. The molecule has 2 aromatic rings. The molecule has 1 aliphatic heterocycles. The fourth-order valence-corrected chi connectivity index (χ4v) is 4.24. The van der Waals surface area contributed by atoms with Crippen LogP contribution in [0.4, 0.5) is 0 Å². The lowest BCUT2D eigenvalue weighted by Gasteiger charge is -2.37. The molecule has 1 amide bonds. The number of carbonyl (C=O) groups excluding carboxylic acids is 1. The first-order chi connectivity index (χ1) is 12.2. The molecule has 1 fully saturated rings. The minimum Gasteiger partial charge on any atom is -0.348 e. The topological polar surface area (TPSA) is 45.2 Å². The number of pyridine rings is 1. The molecule has 0 radical (unpaired) electrons. The van der Waals surface area contributed by atoms with Crippen molar-refractivity contribution in [2.24, 2.45) is 0 Å². The Hall–Kier alpha value is -1.91. The van der Waals surface area contributed by atoms with Crippen molar-refractivity contribution in [1.29, 1.82) is 0 Å². The molecular formula is C20H22ClN3O. The van der Waals surface area contributed by atoms with E-state index < -0.39 is 0 Å². The number of rotatable bonds is 3. The van der Waals surface area contributed by atoms with E-state index in [2.05, 4.69) is 39.5 Å². The Labute approximate surface area is 153 Å². The van der Waals surface area contributed by atoms with Gasteiger partial charge in [0.15, 0.2) is 0 Å². The van der Waals surface area contributed by atoms with Crippen molar-refractivity contribution in [1.82, 2.24) is 15.2 Å². The van der Waals surface area contributed by atoms with Gasteiger partial charge in [-0.25, -0.2) is 4.98 Å². The molecule has 2 heterocycles. The van der Waals surface area contributed by atoms with E-state index in [1.54, 1.807) is 18.3 Å². The zero-order chi connectivity index (χ0) is 17.2. The maximum absolute atomic E-state index is 12.5. The summed E-state index contributed by atoms with van der Waals surface area (Å²) >= 11 is 5.89. The summed E-state index contributed by atoms with van der Waals surface area (Å²) in [6.45, 7) is 2.04. The molecule has 0 saturated carbocycles. The van der Waals surface area contributed by atoms with E-state index in [9.17, 15) is 4.79 Å². The Morgan fingerprint density at radius 2 is 1.96 bits per heavy atom. The SMILES string of the molecule is O=C(N[C@@H]1CCCN(C2Cc3ccccc3C2)C1)c1ccnc(Cl)c1. The number of likely N-dealkylation sites (tertiary alicyclic amines) is 1. The second-order valence-electron chi connectivity index (χ2n) is 7.01. The lowest BCUT2D eigenvalue weighted by molar-refractivity contribution is 0.0876. The molecule has 1 saturated heterocycles. The highest BCUT2D eigenvalue weighted by atomic mass is 35.5. The molecule has 5 heteroatoms. The predicted octanol–water partition coefficient (Wildman–Crippen LogP) is 3.10. The number of piperidine rings is 1. The highest BCUT2D eigenvalue weighted by Gasteiger charge is 2.30. The molecule has 2 aliphatic rings. The lowest BCUT2D eigenvalue weighted by atomic mass is 10.0. The third-order valence-corrected chi connectivity index (χ3v) is 5.53. The van der Waals surface area contributed by atoms with Crippen LogP contribution in [0.1, 0.15) is 34.3 Å². The maximum Gasteiger partial charge on any atom is 0.251 e. The average Bonchev–Trinajstić information content (AvgIpc) is 3.06. The quantitative estimate of drug-likeness (QED) is 0.860. The van der Waals surface area contributed by atoms with Crippen molar-refractivity contribution in [3.8, 4) is 0 Å². The number of amides is 1. The second kappa shape index (κ2) is 7.14. The summed E-state index contributed by atoms with van der Waals surface area (Å²) in [6, 6.07) is 12.8. The molecule has 25 heavy (non-hydrogen) atoms. The van der Waals surface area contributed by atoms with Crippen LogP contribution in [0.25, 0.3) is 0 Å². The first kappa shape index (κ1) is 16.6. The Bertz CT molecular complexity index is 754. The van der Waals surface area contributed by atoms with Crippen molar-refractivity contribution in [3.05, 3.63) is 64.4 Å². The van der Waals surface area contributed by atoms with Gasteiger partial charge < -0.3 is 5.32 Å². The zero-order valence-corrected chi connectivity index (χ0v) is 14.9. The van der Waals surface area contributed by atoms with Crippen molar-refractivity contribution in [2.75, 3.05) is 13.1 Å². The zero-order valence-electron chi connectivity index (χ0n) is 14.1. The van der Waals surface area contributed by atoms with E-state index >= 15 is 0 Å². The van der Waals surface area contributed by atoms with Gasteiger partial charge in [0.05, 0.1) is 0 Å². The molecule has 1 atom stereocenters. The van der Waals surface area contributed by atoms with E-state index in [1.165, 1.54) is 11.1 Å². The van der Waals surface area contributed by atoms with Crippen LogP contribution in [-0.4, -0.2) is 41.0 Å². The number of benzene rings is 1. The standard InChI is InChI=1S/C20H22ClN3O/c21-19-12-16(7-8-22-19)20(25)23-17-6-3-9-24(13-17)18-10-14-4-1-2-5-15(14)11-18/h1-2,4-5,7-8,12,17-18H,3,6,9-11,13H2,(H,23,25)/t17-/m1/s1. The van der Waals surface area contributed by atoms with Crippen molar-refractivity contribution >= 4 is 17.5 Å². The van der Waals surface area contributed by atoms with Gasteiger partial charge in [-0.1, -0.05) is 35.9 Å². The summed E-state index contributed by atoms with van der Waals surface area (Å²) in [6.07, 6.45) is 5.96. The largest absolute Gasteiger partial charge is 0.348 e. The van der Waals surface area contributed by atoms with E-state index in [0.29, 0.717) is 16.8 Å². The van der Waals surface area contributed by atoms with Gasteiger partial charge in [0.2, 0.25) is 0 Å². The minimum absolute atomic E-state index is 0.0640. The first-order valence-electron chi connectivity index (χ1n) is 8.92. The fraction of sp³-hybridized carbons (Fsp3) is 0.400. The molecule has 0 bridgehead atoms. The van der Waals surface area contributed by atoms with Gasteiger partial charge in [-0.3, -0.25) is 9.69 Å². The van der Waals surface area contributed by atoms with Crippen molar-refractivity contribution < 1.29 is 4.79 Å². The summed E-state index contributed by atoms with van der Waals surface area (Å²) in [5.41, 5.74) is 3.53. The van der Waals surface area contributed by atoms with E-state index in [-0.39, 0.29) is 11.9 Å². The van der Waals surface area contributed by atoms with Crippen molar-refractivity contribution in [2.45, 2.75) is 37.8 Å². The Kier molecular flexibility index (Phi) is 4.73. The van der Waals surface area contributed by atoms with E-state index in [4.69, 9.17) is 11.6 Å². The summed E-state index contributed by atoms with van der Waals surface area (Å²) in [4.78, 5) is 18.9. The summed E-state index contributed by atoms with van der Waals surface area (Å²) in [7, 11) is 0. The van der Waals surface area contributed by atoms with Crippen LogP contribution in [-0.2, 0) is 12.8 Å². The first-order valence-corrected chi connectivity index (χ1v) is 9.30. The molecule has 1 aromatic carbocycles. The Morgan fingerprint density at radius 1 is 1.20 bits per heavy atom. The summed E-state index contributed by atoms with van der Waals surface area (Å²) < 4.78 is 0. The molecule has 0 spiro atoms. The van der Waals surface area contributed by atoms with Crippen LogP contribution in [0, 0.1) is 0 Å². The fourth-order valence-electron chi connectivity index (χ4n) is 4.06. The van der Waals surface area contributed by atoms with Gasteiger partial charge >= 0.3 is 0 Å². The normalized spacial score (nSPS) is 21.1. The number of halogens is 1. The van der Waals surface area contributed by atoms with Gasteiger partial charge in [-0.05, 0) is 55.5 Å². The number of nitrogens with one attached hydrogen (secondary N) is 1. The Morgan fingerprint density at radius 3 is 2.68 bits per heavy atom. The van der Waals surface area contributed by atoms with Crippen LogP contribution in [0.2, 0.25) is 5.15 Å². The van der Waals surface area contributed by atoms with Crippen LogP contribution >= 0.6 is 11.6 Å². The average molecular weight is 356 g/mol. The number of hydrogen-bond acceptors (Lipinski definition) is 3. The third kappa shape index (κ3) is 3.70. The molecule has 130 valence electrons. The molecule has 4 rings (SSSR count). The summed E-state index contributed by atoms with van der Waals surface area (Å²) in [5, 5.41) is 3.52. The van der Waals surface area contributed by atoms with Gasteiger partial charge in [0.1, 0.15) is 5.15 Å². The summed E-state index contributed by atoms with van der Waals surface area (Å²) in [5.74, 6) is -0.0640. The predicted molar refractivity (Wildman–Crippen MR) is 98.9 cm³/mol. The molecular weight excluding hydrogens is 334 g/mol. The van der Waals surface area contributed by atoms with E-state index in [1.807, 2.05) is 0 Å². The van der Waals surface area contributed by atoms with Crippen molar-refractivity contribution in [3.63, 3.8) is 0 Å². The highest BCUT2D eigenvalue weighted by molar-refractivity contribution is 6.29. The third-order valence-electron chi connectivity index (χ3n) is 5.32. The number of nitrogens with zero attached hydrogens (tertiary/aromatic N) is 2. The maximum atomic E-state index is 12.5. The molecule has 1 aliphatic carbocycles. The molecule has 0 unspecified atom stereocenters. The second-order valence-corrected chi connectivity index (χ2v) is 7.39. The van der Waals surface area contributed by atoms with Crippen LogP contribution < -0.4 is 5.32 Å². The monoisotopic (exact) mass is 355 g/mol. The van der Waals surface area contributed by atoms with Gasteiger partial charge in [-0.2, -0.15) is 0 Å². The highest BCUT2D eigenvalue weighted by Crippen LogP contribution is 2.27. The van der Waals surface area contributed by atoms with Gasteiger partial charge in [-0.15, -0.1) is 0 Å². The smallest absolute Gasteiger partial charge is 0.251 e. The number of carbonyl (C=O) groups is 1. The van der Waals surface area contributed by atoms with Gasteiger partial charge in [0.25, 0.3) is 5.91 Å². The van der Waals surface area contributed by atoms with Crippen LogP contribution in [0.5, 0.6) is 0 Å². The van der Waals surface area contributed by atoms with Crippen LogP contribution in [0.15, 0.2) is 42.6 Å². The van der Waals surface area contributed by atoms with Gasteiger partial charge in [0, 0.05) is 30.4 Å². The van der Waals surface area contributed by atoms with Crippen LogP contribution in [0.3, 0.4) is 0 Å². The lowest BCUT2D eigenvalue weighted by Crippen LogP contribution is -2.51. The number of aromatic nitrogens is 1. The molecule has 1 aromatic heterocycles.